The van der Waals surface area contributed by atoms with Gasteiger partial charge in [0.1, 0.15) is 5.69 Å². The van der Waals surface area contributed by atoms with E-state index in [0.29, 0.717) is 21.4 Å². The van der Waals surface area contributed by atoms with Gasteiger partial charge in [-0.3, -0.25) is 9.78 Å². The molecule has 0 saturated carbocycles. The summed E-state index contributed by atoms with van der Waals surface area (Å²) in [6.45, 7) is 4.29. The molecule has 1 N–H and O–H groups in total. The van der Waals surface area contributed by atoms with Crippen LogP contribution in [0, 0.1) is 5.92 Å². The third-order valence-electron chi connectivity index (χ3n) is 4.30. The number of benzene rings is 1. The topological polar surface area (TPSA) is 45.2 Å². The van der Waals surface area contributed by atoms with Gasteiger partial charge in [-0.25, -0.2) is 0 Å². The first-order chi connectivity index (χ1) is 11.5. The summed E-state index contributed by atoms with van der Waals surface area (Å²) in [6, 6.07) is 8.72. The minimum Gasteiger partial charge on any atom is -0.371 e. The van der Waals surface area contributed by atoms with E-state index in [2.05, 4.69) is 22.1 Å². The molecule has 0 spiro atoms. The minimum atomic E-state index is -0.300. The van der Waals surface area contributed by atoms with Crippen LogP contribution in [-0.2, 0) is 0 Å². The molecule has 126 valence electrons. The molecule has 1 aliphatic rings. The molecule has 1 aromatic heterocycles. The maximum absolute atomic E-state index is 12.5. The molecular formula is C18H19Cl2N3O. The Morgan fingerprint density at radius 2 is 1.96 bits per heavy atom. The molecule has 6 heteroatoms. The third kappa shape index (κ3) is 4.00. The third-order valence-corrected chi connectivity index (χ3v) is 4.87. The average Bonchev–Trinajstić information content (AvgIpc) is 2.59. The lowest BCUT2D eigenvalue weighted by Crippen LogP contribution is -2.33. The van der Waals surface area contributed by atoms with Crippen LogP contribution in [0.3, 0.4) is 0 Å². The van der Waals surface area contributed by atoms with Crippen molar-refractivity contribution in [3.63, 3.8) is 0 Å². The molecule has 0 radical (unpaired) electrons. The van der Waals surface area contributed by atoms with Crippen LogP contribution < -0.4 is 10.2 Å². The molecule has 3 rings (SSSR count). The molecule has 24 heavy (non-hydrogen) atoms. The number of carbonyl (C=O) groups excluding carboxylic acids is 1. The van der Waals surface area contributed by atoms with Crippen LogP contribution in [-0.4, -0.2) is 24.0 Å². The van der Waals surface area contributed by atoms with Gasteiger partial charge in [0.2, 0.25) is 0 Å². The molecule has 4 nitrogen and oxygen atoms in total. The molecule has 0 atom stereocenters. The quantitative estimate of drug-likeness (QED) is 0.845. The molecule has 1 fully saturated rings. The van der Waals surface area contributed by atoms with Crippen LogP contribution in [0.2, 0.25) is 10.0 Å². The van der Waals surface area contributed by atoms with E-state index in [0.717, 1.165) is 24.7 Å². The summed E-state index contributed by atoms with van der Waals surface area (Å²) in [7, 11) is 0. The second-order valence-electron chi connectivity index (χ2n) is 6.15. The van der Waals surface area contributed by atoms with Gasteiger partial charge in [-0.2, -0.15) is 0 Å². The van der Waals surface area contributed by atoms with Gasteiger partial charge in [0.05, 0.1) is 10.7 Å². The van der Waals surface area contributed by atoms with Gasteiger partial charge in [0.25, 0.3) is 5.91 Å². The summed E-state index contributed by atoms with van der Waals surface area (Å²) in [6.07, 6.45) is 4.01. The lowest BCUT2D eigenvalue weighted by atomic mass is 9.99. The van der Waals surface area contributed by atoms with Crippen molar-refractivity contribution in [3.05, 3.63) is 52.3 Å². The number of hydrogen-bond donors (Lipinski definition) is 1. The van der Waals surface area contributed by atoms with Crippen molar-refractivity contribution in [2.45, 2.75) is 19.8 Å². The predicted molar refractivity (Wildman–Crippen MR) is 99.3 cm³/mol. The molecule has 0 unspecified atom stereocenters. The largest absolute Gasteiger partial charge is 0.371 e. The smallest absolute Gasteiger partial charge is 0.274 e. The van der Waals surface area contributed by atoms with Gasteiger partial charge in [-0.1, -0.05) is 30.1 Å². The lowest BCUT2D eigenvalue weighted by Gasteiger charge is -2.32. The van der Waals surface area contributed by atoms with Gasteiger partial charge >= 0.3 is 0 Å². The first kappa shape index (κ1) is 17.1. The summed E-state index contributed by atoms with van der Waals surface area (Å²) in [5.41, 5.74) is 1.87. The average molecular weight is 364 g/mol. The highest BCUT2D eigenvalue weighted by molar-refractivity contribution is 6.35. The molecule has 1 aromatic carbocycles. The fourth-order valence-electron chi connectivity index (χ4n) is 2.79. The van der Waals surface area contributed by atoms with Gasteiger partial charge in [-0.15, -0.1) is 0 Å². The highest BCUT2D eigenvalue weighted by Gasteiger charge is 2.18. The van der Waals surface area contributed by atoms with E-state index < -0.39 is 0 Å². The molecule has 2 heterocycles. The van der Waals surface area contributed by atoms with E-state index >= 15 is 0 Å². The van der Waals surface area contributed by atoms with E-state index in [4.69, 9.17) is 23.2 Å². The Balaban J connectivity index is 1.76. The Kier molecular flexibility index (Phi) is 5.27. The van der Waals surface area contributed by atoms with E-state index in [-0.39, 0.29) is 5.91 Å². The number of rotatable bonds is 3. The Morgan fingerprint density at radius 1 is 1.21 bits per heavy atom. The molecule has 0 aliphatic carbocycles. The summed E-state index contributed by atoms with van der Waals surface area (Å²) in [5, 5.41) is 3.72. The van der Waals surface area contributed by atoms with Gasteiger partial charge < -0.3 is 10.2 Å². The number of nitrogens with one attached hydrogen (secondary N) is 1. The van der Waals surface area contributed by atoms with Crippen LogP contribution in [0.25, 0.3) is 0 Å². The zero-order chi connectivity index (χ0) is 17.1. The van der Waals surface area contributed by atoms with E-state index in [1.165, 1.54) is 12.8 Å². The summed E-state index contributed by atoms with van der Waals surface area (Å²) in [4.78, 5) is 18.9. The number of halogens is 2. The molecule has 2 aromatic rings. The van der Waals surface area contributed by atoms with Crippen LogP contribution >= 0.6 is 23.2 Å². The van der Waals surface area contributed by atoms with Crippen LogP contribution in [0.1, 0.15) is 30.3 Å². The number of piperidine rings is 1. The van der Waals surface area contributed by atoms with Gasteiger partial charge in [0.15, 0.2) is 0 Å². The molecule has 0 bridgehead atoms. The van der Waals surface area contributed by atoms with Crippen LogP contribution in [0.15, 0.2) is 36.5 Å². The number of hydrogen-bond acceptors (Lipinski definition) is 3. The van der Waals surface area contributed by atoms with Crippen molar-refractivity contribution in [2.24, 2.45) is 5.92 Å². The van der Waals surface area contributed by atoms with Crippen molar-refractivity contribution in [2.75, 3.05) is 23.3 Å². The van der Waals surface area contributed by atoms with Crippen LogP contribution in [0.4, 0.5) is 11.4 Å². The van der Waals surface area contributed by atoms with E-state index in [9.17, 15) is 4.79 Å². The second-order valence-corrected chi connectivity index (χ2v) is 6.99. The summed E-state index contributed by atoms with van der Waals surface area (Å²) >= 11 is 12.0. The molecule has 1 aliphatic heterocycles. The highest BCUT2D eigenvalue weighted by atomic mass is 35.5. The molecular weight excluding hydrogens is 345 g/mol. The minimum absolute atomic E-state index is 0.300. The van der Waals surface area contributed by atoms with Crippen LogP contribution in [0.5, 0.6) is 0 Å². The van der Waals surface area contributed by atoms with Crippen molar-refractivity contribution in [3.8, 4) is 0 Å². The van der Waals surface area contributed by atoms with E-state index in [1.54, 1.807) is 24.4 Å². The number of aromatic nitrogens is 1. The number of amides is 1. The molecule has 1 saturated heterocycles. The normalized spacial score (nSPS) is 15.4. The monoisotopic (exact) mass is 363 g/mol. The van der Waals surface area contributed by atoms with Gasteiger partial charge in [-0.05, 0) is 49.1 Å². The summed E-state index contributed by atoms with van der Waals surface area (Å²) in [5.74, 6) is 0.460. The predicted octanol–water partition coefficient (Wildman–Crippen LogP) is 4.88. The summed E-state index contributed by atoms with van der Waals surface area (Å²) < 4.78 is 0. The lowest BCUT2D eigenvalue weighted by molar-refractivity contribution is 0.102. The zero-order valence-electron chi connectivity index (χ0n) is 13.4. The standard InChI is InChI=1S/C18H19Cl2N3O/c1-12-5-8-23(9-6-12)14-4-7-21-17(11-14)18(24)22-16-10-13(19)2-3-15(16)20/h2-4,7,10-12H,5-6,8-9H2,1H3,(H,22,24). The number of pyridine rings is 1. The zero-order valence-corrected chi connectivity index (χ0v) is 14.9. The van der Waals surface area contributed by atoms with Gasteiger partial charge in [0, 0.05) is 30.0 Å². The first-order valence-electron chi connectivity index (χ1n) is 8.00. The maximum atomic E-state index is 12.5. The Morgan fingerprint density at radius 3 is 2.71 bits per heavy atom. The fraction of sp³-hybridized carbons (Fsp3) is 0.333. The van der Waals surface area contributed by atoms with Crippen molar-refractivity contribution >= 4 is 40.5 Å². The van der Waals surface area contributed by atoms with Crippen molar-refractivity contribution in [1.29, 1.82) is 0 Å². The second kappa shape index (κ2) is 7.41. The number of nitrogens with zero attached hydrogens (tertiary/aromatic N) is 2. The first-order valence-corrected chi connectivity index (χ1v) is 8.76. The Labute approximate surface area is 151 Å². The van der Waals surface area contributed by atoms with Crippen molar-refractivity contribution in [1.82, 2.24) is 4.98 Å². The SMILES string of the molecule is CC1CCN(c2ccnc(C(=O)Nc3cc(Cl)ccc3Cl)c2)CC1. The highest BCUT2D eigenvalue weighted by Crippen LogP contribution is 2.27. The number of carbonyl (C=O) groups is 1. The Hall–Kier alpha value is -1.78. The Bertz CT molecular complexity index is 743. The fourth-order valence-corrected chi connectivity index (χ4v) is 3.12. The van der Waals surface area contributed by atoms with Crippen molar-refractivity contribution < 1.29 is 4.79 Å². The molecule has 1 amide bonds. The number of anilines is 2. The van der Waals surface area contributed by atoms with E-state index in [1.807, 2.05) is 12.1 Å². The maximum Gasteiger partial charge on any atom is 0.274 e.